The molecule has 3 nitrogen and oxygen atoms in total. The average molecular weight is 670 g/mol. The third-order valence-electron chi connectivity index (χ3n) is 10.9. The van der Waals surface area contributed by atoms with Crippen LogP contribution in [-0.2, 0) is 14.7 Å². The van der Waals surface area contributed by atoms with Crippen LogP contribution in [0.15, 0.2) is 146 Å². The topological polar surface area (TPSA) is 21.7 Å². The second kappa shape index (κ2) is 13.3. The number of fused-ring (bicyclic) bond motifs is 3. The summed E-state index contributed by atoms with van der Waals surface area (Å²) in [4.78, 5) is 2.38. The first kappa shape index (κ1) is 34.5. The molecular formula is C47H48BNO2. The van der Waals surface area contributed by atoms with Crippen LogP contribution in [0.5, 0.6) is 0 Å². The lowest BCUT2D eigenvalue weighted by Crippen LogP contribution is -2.41. The molecule has 0 aromatic heterocycles. The van der Waals surface area contributed by atoms with Crippen molar-refractivity contribution in [3.63, 3.8) is 0 Å². The Balaban J connectivity index is 0.00000200. The zero-order chi connectivity index (χ0) is 36.0. The van der Waals surface area contributed by atoms with E-state index in [0.717, 1.165) is 33.7 Å². The van der Waals surface area contributed by atoms with Gasteiger partial charge in [-0.3, -0.25) is 0 Å². The summed E-state index contributed by atoms with van der Waals surface area (Å²) >= 11 is 0. The van der Waals surface area contributed by atoms with E-state index in [0.29, 0.717) is 0 Å². The number of nitrogens with zero attached hydrogens (tertiary/aromatic N) is 1. The molecule has 51 heavy (non-hydrogen) atoms. The van der Waals surface area contributed by atoms with E-state index in [9.17, 15) is 0 Å². The summed E-state index contributed by atoms with van der Waals surface area (Å²) in [5.41, 5.74) is 13.5. The van der Waals surface area contributed by atoms with Crippen molar-refractivity contribution in [1.82, 2.24) is 0 Å². The molecule has 1 fully saturated rings. The van der Waals surface area contributed by atoms with Crippen molar-refractivity contribution in [3.8, 4) is 33.4 Å². The van der Waals surface area contributed by atoms with Gasteiger partial charge in [0.2, 0.25) is 0 Å². The molecular weight excluding hydrogens is 621 g/mol. The highest BCUT2D eigenvalue weighted by atomic mass is 16.7. The molecule has 0 unspecified atom stereocenters. The SMILES string of the molecule is CC.CC1(C)c2ccccc2-c2ccc(N(c3ccc(-c4ccccc4)cc3)c3cccc(-c4cccc(B5OC(C)(C)C(C)(C)O5)c4)c3)cc21. The predicted octanol–water partition coefficient (Wildman–Crippen LogP) is 12.1. The standard InChI is InChI=1S/C45H42BNO2.C2H6/c1-43(2)41-21-11-10-20-39(41)40-27-26-38(30-42(40)43)47(36-24-22-32(23-25-36)31-14-8-7-9-15-31)37-19-13-17-34(29-37)33-16-12-18-35(28-33)46-48-44(3,4)45(5,6)49-46;1-2/h7-30H,1-6H3;1-2H3. The normalized spacial score (nSPS) is 16.1. The number of benzene rings is 6. The molecule has 0 radical (unpaired) electrons. The molecule has 0 N–H and O–H groups in total. The van der Waals surface area contributed by atoms with Crippen molar-refractivity contribution in [2.45, 2.75) is 72.0 Å². The lowest BCUT2D eigenvalue weighted by Gasteiger charge is -2.32. The maximum Gasteiger partial charge on any atom is 0.494 e. The van der Waals surface area contributed by atoms with Crippen LogP contribution in [0.25, 0.3) is 33.4 Å². The highest BCUT2D eigenvalue weighted by Crippen LogP contribution is 2.50. The van der Waals surface area contributed by atoms with Crippen LogP contribution in [0.4, 0.5) is 17.1 Å². The second-order valence-electron chi connectivity index (χ2n) is 14.9. The summed E-state index contributed by atoms with van der Waals surface area (Å²) < 4.78 is 12.8. The van der Waals surface area contributed by atoms with Gasteiger partial charge in [0, 0.05) is 22.5 Å². The molecule has 2 aliphatic rings. The highest BCUT2D eigenvalue weighted by molar-refractivity contribution is 6.62. The van der Waals surface area contributed by atoms with Gasteiger partial charge >= 0.3 is 7.12 Å². The van der Waals surface area contributed by atoms with Gasteiger partial charge in [-0.25, -0.2) is 0 Å². The Hall–Kier alpha value is -4.90. The Morgan fingerprint density at radius 3 is 1.67 bits per heavy atom. The summed E-state index contributed by atoms with van der Waals surface area (Å²) in [7, 11) is -0.411. The fourth-order valence-corrected chi connectivity index (χ4v) is 7.38. The third-order valence-corrected chi connectivity index (χ3v) is 10.9. The maximum atomic E-state index is 6.41. The Kier molecular flexibility index (Phi) is 9.04. The van der Waals surface area contributed by atoms with E-state index in [1.165, 1.54) is 33.4 Å². The minimum atomic E-state index is -0.411. The van der Waals surface area contributed by atoms with Gasteiger partial charge in [0.1, 0.15) is 0 Å². The van der Waals surface area contributed by atoms with Gasteiger partial charge in [-0.2, -0.15) is 0 Å². The third kappa shape index (κ3) is 6.22. The van der Waals surface area contributed by atoms with E-state index >= 15 is 0 Å². The molecule has 0 bridgehead atoms. The fourth-order valence-electron chi connectivity index (χ4n) is 7.38. The van der Waals surface area contributed by atoms with E-state index in [4.69, 9.17) is 9.31 Å². The van der Waals surface area contributed by atoms with Crippen LogP contribution in [0, 0.1) is 0 Å². The molecule has 0 amide bonds. The molecule has 6 aromatic carbocycles. The Labute approximate surface area is 305 Å². The van der Waals surface area contributed by atoms with Crippen molar-refractivity contribution in [2.24, 2.45) is 0 Å². The van der Waals surface area contributed by atoms with Crippen molar-refractivity contribution in [2.75, 3.05) is 4.90 Å². The number of hydrogen-bond acceptors (Lipinski definition) is 3. The van der Waals surface area contributed by atoms with E-state index in [-0.39, 0.29) is 5.41 Å². The quantitative estimate of drug-likeness (QED) is 0.165. The summed E-state index contributed by atoms with van der Waals surface area (Å²) in [6.07, 6.45) is 0. The number of rotatable bonds is 6. The maximum absolute atomic E-state index is 6.41. The molecule has 8 rings (SSSR count). The largest absolute Gasteiger partial charge is 0.494 e. The summed E-state index contributed by atoms with van der Waals surface area (Å²) in [5, 5.41) is 0. The molecule has 6 aromatic rings. The molecule has 1 aliphatic carbocycles. The van der Waals surface area contributed by atoms with E-state index in [1.54, 1.807) is 0 Å². The van der Waals surface area contributed by atoms with E-state index in [1.807, 2.05) is 13.8 Å². The van der Waals surface area contributed by atoms with Gasteiger partial charge in [0.15, 0.2) is 0 Å². The number of hydrogen-bond donors (Lipinski definition) is 0. The van der Waals surface area contributed by atoms with Gasteiger partial charge in [-0.05, 0) is 114 Å². The Morgan fingerprint density at radius 1 is 0.431 bits per heavy atom. The first-order valence-corrected chi connectivity index (χ1v) is 18.3. The first-order chi connectivity index (χ1) is 24.5. The van der Waals surface area contributed by atoms with Gasteiger partial charge in [-0.1, -0.05) is 137 Å². The number of anilines is 3. The van der Waals surface area contributed by atoms with Gasteiger partial charge in [0.25, 0.3) is 0 Å². The van der Waals surface area contributed by atoms with Crippen molar-refractivity contribution >= 4 is 29.6 Å². The van der Waals surface area contributed by atoms with Crippen LogP contribution in [-0.4, -0.2) is 18.3 Å². The summed E-state index contributed by atoms with van der Waals surface area (Å²) in [6.45, 7) is 17.1. The van der Waals surface area contributed by atoms with Gasteiger partial charge in [-0.15, -0.1) is 0 Å². The molecule has 0 spiro atoms. The Bertz CT molecular complexity index is 2150. The molecule has 0 saturated carbocycles. The highest BCUT2D eigenvalue weighted by Gasteiger charge is 2.51. The molecule has 4 heteroatoms. The van der Waals surface area contributed by atoms with Crippen LogP contribution in [0.1, 0.15) is 66.5 Å². The zero-order valence-corrected chi connectivity index (χ0v) is 31.2. The minimum absolute atomic E-state index is 0.0967. The summed E-state index contributed by atoms with van der Waals surface area (Å²) in [5.74, 6) is 0. The van der Waals surface area contributed by atoms with Gasteiger partial charge in [0.05, 0.1) is 11.2 Å². The van der Waals surface area contributed by atoms with E-state index < -0.39 is 18.3 Å². The lowest BCUT2D eigenvalue weighted by molar-refractivity contribution is 0.00578. The molecule has 1 saturated heterocycles. The van der Waals surface area contributed by atoms with Crippen LogP contribution in [0.2, 0.25) is 0 Å². The fraction of sp³-hybridized carbons (Fsp3) is 0.234. The summed E-state index contributed by atoms with van der Waals surface area (Å²) in [6, 6.07) is 52.7. The monoisotopic (exact) mass is 669 g/mol. The molecule has 0 atom stereocenters. The second-order valence-corrected chi connectivity index (χ2v) is 14.9. The average Bonchev–Trinajstić information content (AvgIpc) is 3.52. The first-order valence-electron chi connectivity index (χ1n) is 18.3. The van der Waals surface area contributed by atoms with Crippen molar-refractivity contribution in [1.29, 1.82) is 0 Å². The molecule has 1 heterocycles. The smallest absolute Gasteiger partial charge is 0.399 e. The van der Waals surface area contributed by atoms with Crippen molar-refractivity contribution in [3.05, 3.63) is 157 Å². The predicted molar refractivity (Wildman–Crippen MR) is 217 cm³/mol. The van der Waals surface area contributed by atoms with Crippen LogP contribution in [0.3, 0.4) is 0 Å². The molecule has 256 valence electrons. The van der Waals surface area contributed by atoms with Gasteiger partial charge < -0.3 is 14.2 Å². The Morgan fingerprint density at radius 2 is 0.961 bits per heavy atom. The minimum Gasteiger partial charge on any atom is -0.399 e. The van der Waals surface area contributed by atoms with Crippen molar-refractivity contribution < 1.29 is 9.31 Å². The van der Waals surface area contributed by atoms with Crippen LogP contribution < -0.4 is 10.4 Å². The zero-order valence-electron chi connectivity index (χ0n) is 31.2. The van der Waals surface area contributed by atoms with E-state index in [2.05, 4.69) is 192 Å². The van der Waals surface area contributed by atoms with Crippen LogP contribution >= 0.6 is 0 Å². The molecule has 1 aliphatic heterocycles. The lowest BCUT2D eigenvalue weighted by atomic mass is 9.78.